The summed E-state index contributed by atoms with van der Waals surface area (Å²) in [4.78, 5) is 14.9. The summed E-state index contributed by atoms with van der Waals surface area (Å²) in [6, 6.07) is 2.53. The summed E-state index contributed by atoms with van der Waals surface area (Å²) < 4.78 is 17.7. The average molecular weight is 226 g/mol. The zero-order valence-corrected chi connectivity index (χ0v) is 9.37. The van der Waals surface area contributed by atoms with Crippen LogP contribution in [0, 0.1) is 5.95 Å². The average Bonchev–Trinajstić information content (AvgIpc) is 2.26. The molecule has 1 N–H and O–H groups in total. The molecule has 0 spiro atoms. The standard InChI is InChI=1S/C11H15FN2O2/c1-3-16-11(15)9(13-2)6-8-4-5-14-10(12)7-8/h4-5,7,9,13H,3,6H2,1-2H3. The van der Waals surface area contributed by atoms with Crippen LogP contribution in [0.1, 0.15) is 12.5 Å². The van der Waals surface area contributed by atoms with E-state index in [4.69, 9.17) is 4.74 Å². The summed E-state index contributed by atoms with van der Waals surface area (Å²) in [5.41, 5.74) is 0.708. The number of hydrogen-bond donors (Lipinski definition) is 1. The highest BCUT2D eigenvalue weighted by molar-refractivity contribution is 5.76. The number of esters is 1. The van der Waals surface area contributed by atoms with Gasteiger partial charge in [0, 0.05) is 6.20 Å². The number of pyridine rings is 1. The fraction of sp³-hybridized carbons (Fsp3) is 0.455. The van der Waals surface area contributed by atoms with E-state index in [9.17, 15) is 9.18 Å². The monoisotopic (exact) mass is 226 g/mol. The first-order valence-electron chi connectivity index (χ1n) is 5.11. The second-order valence-corrected chi connectivity index (χ2v) is 3.28. The number of carbonyl (C=O) groups is 1. The van der Waals surface area contributed by atoms with Crippen molar-refractivity contribution < 1.29 is 13.9 Å². The number of aromatic nitrogens is 1. The molecule has 5 heteroatoms. The second kappa shape index (κ2) is 6.17. The molecule has 0 aliphatic heterocycles. The van der Waals surface area contributed by atoms with Crippen LogP contribution in [-0.4, -0.2) is 30.6 Å². The number of halogens is 1. The molecule has 0 aliphatic rings. The quantitative estimate of drug-likeness (QED) is 0.599. The van der Waals surface area contributed by atoms with E-state index in [0.29, 0.717) is 18.6 Å². The van der Waals surface area contributed by atoms with Crippen molar-refractivity contribution in [3.05, 3.63) is 29.8 Å². The number of ether oxygens (including phenoxy) is 1. The van der Waals surface area contributed by atoms with Gasteiger partial charge in [0.2, 0.25) is 5.95 Å². The summed E-state index contributed by atoms with van der Waals surface area (Å²) in [6.07, 6.45) is 1.76. The van der Waals surface area contributed by atoms with Gasteiger partial charge in [0.15, 0.2) is 0 Å². The van der Waals surface area contributed by atoms with E-state index in [1.807, 2.05) is 0 Å². The molecule has 0 fully saturated rings. The van der Waals surface area contributed by atoms with Gasteiger partial charge in [0.25, 0.3) is 0 Å². The molecule has 4 nitrogen and oxygen atoms in total. The molecule has 1 unspecified atom stereocenters. The number of nitrogens with zero attached hydrogens (tertiary/aromatic N) is 1. The molecule has 0 saturated carbocycles. The summed E-state index contributed by atoms with van der Waals surface area (Å²) in [6.45, 7) is 2.08. The zero-order valence-electron chi connectivity index (χ0n) is 9.37. The smallest absolute Gasteiger partial charge is 0.323 e. The Bertz CT molecular complexity index is 358. The van der Waals surface area contributed by atoms with Crippen LogP contribution < -0.4 is 5.32 Å². The van der Waals surface area contributed by atoms with Crippen molar-refractivity contribution in [2.75, 3.05) is 13.7 Å². The summed E-state index contributed by atoms with van der Waals surface area (Å²) in [5.74, 6) is -0.876. The lowest BCUT2D eigenvalue weighted by atomic mass is 10.1. The maximum absolute atomic E-state index is 12.8. The van der Waals surface area contributed by atoms with Crippen molar-refractivity contribution in [3.63, 3.8) is 0 Å². The summed E-state index contributed by atoms with van der Waals surface area (Å²) in [5, 5.41) is 2.84. The minimum atomic E-state index is -0.545. The second-order valence-electron chi connectivity index (χ2n) is 3.28. The van der Waals surface area contributed by atoms with Crippen LogP contribution in [-0.2, 0) is 16.0 Å². The van der Waals surface area contributed by atoms with Crippen LogP contribution in [0.2, 0.25) is 0 Å². The maximum Gasteiger partial charge on any atom is 0.323 e. The Labute approximate surface area is 93.8 Å². The van der Waals surface area contributed by atoms with Crippen LogP contribution in [0.15, 0.2) is 18.3 Å². The molecule has 1 aromatic rings. The number of carbonyl (C=O) groups excluding carboxylic acids is 1. The van der Waals surface area contributed by atoms with Gasteiger partial charge in [-0.25, -0.2) is 4.98 Å². The predicted octanol–water partition coefficient (Wildman–Crippen LogP) is 0.914. The third-order valence-electron chi connectivity index (χ3n) is 2.15. The van der Waals surface area contributed by atoms with Gasteiger partial charge in [-0.2, -0.15) is 4.39 Å². The highest BCUT2D eigenvalue weighted by Crippen LogP contribution is 2.05. The van der Waals surface area contributed by atoms with Gasteiger partial charge >= 0.3 is 5.97 Å². The minimum absolute atomic E-state index is 0.331. The van der Waals surface area contributed by atoms with Crippen molar-refractivity contribution in [1.82, 2.24) is 10.3 Å². The van der Waals surface area contributed by atoms with Crippen LogP contribution >= 0.6 is 0 Å². The molecule has 0 bridgehead atoms. The van der Waals surface area contributed by atoms with E-state index >= 15 is 0 Å². The lowest BCUT2D eigenvalue weighted by Crippen LogP contribution is -2.37. The fourth-order valence-corrected chi connectivity index (χ4v) is 1.35. The normalized spacial score (nSPS) is 12.2. The van der Waals surface area contributed by atoms with E-state index in [1.165, 1.54) is 12.3 Å². The van der Waals surface area contributed by atoms with Crippen LogP contribution in [0.4, 0.5) is 4.39 Å². The van der Waals surface area contributed by atoms with Gasteiger partial charge in [-0.05, 0) is 38.1 Å². The molecule has 0 saturated heterocycles. The Kier molecular flexibility index (Phi) is 4.85. The Morgan fingerprint density at radius 3 is 3.00 bits per heavy atom. The fourth-order valence-electron chi connectivity index (χ4n) is 1.35. The van der Waals surface area contributed by atoms with Gasteiger partial charge in [-0.1, -0.05) is 0 Å². The van der Waals surface area contributed by atoms with Gasteiger partial charge in [0.05, 0.1) is 6.61 Å². The van der Waals surface area contributed by atoms with Gasteiger partial charge in [0.1, 0.15) is 6.04 Å². The lowest BCUT2D eigenvalue weighted by molar-refractivity contribution is -0.145. The summed E-state index contributed by atoms with van der Waals surface area (Å²) in [7, 11) is 1.67. The number of hydrogen-bond acceptors (Lipinski definition) is 4. The van der Waals surface area contributed by atoms with E-state index in [2.05, 4.69) is 10.3 Å². The highest BCUT2D eigenvalue weighted by atomic mass is 19.1. The van der Waals surface area contributed by atoms with Crippen molar-refractivity contribution in [2.45, 2.75) is 19.4 Å². The van der Waals surface area contributed by atoms with Crippen molar-refractivity contribution >= 4 is 5.97 Å². The Hall–Kier alpha value is -1.49. The van der Waals surface area contributed by atoms with Crippen LogP contribution in [0.25, 0.3) is 0 Å². The zero-order chi connectivity index (χ0) is 12.0. The Balaban J connectivity index is 2.66. The topological polar surface area (TPSA) is 51.2 Å². The Morgan fingerprint density at radius 1 is 1.69 bits per heavy atom. The first-order chi connectivity index (χ1) is 7.67. The van der Waals surface area contributed by atoms with Crippen LogP contribution in [0.5, 0.6) is 0 Å². The molecule has 16 heavy (non-hydrogen) atoms. The van der Waals surface area contributed by atoms with E-state index < -0.39 is 12.0 Å². The molecular weight excluding hydrogens is 211 g/mol. The van der Waals surface area contributed by atoms with Gasteiger partial charge in [-0.3, -0.25) is 4.79 Å². The van der Waals surface area contributed by atoms with Crippen LogP contribution in [0.3, 0.4) is 0 Å². The molecule has 0 aliphatic carbocycles. The van der Waals surface area contributed by atoms with Gasteiger partial charge < -0.3 is 10.1 Å². The largest absolute Gasteiger partial charge is 0.465 e. The Morgan fingerprint density at radius 2 is 2.44 bits per heavy atom. The lowest BCUT2D eigenvalue weighted by Gasteiger charge is -2.14. The molecule has 1 aromatic heterocycles. The molecule has 0 amide bonds. The van der Waals surface area contributed by atoms with E-state index in [-0.39, 0.29) is 5.97 Å². The van der Waals surface area contributed by atoms with Crippen molar-refractivity contribution in [2.24, 2.45) is 0 Å². The molecule has 0 aromatic carbocycles. The van der Waals surface area contributed by atoms with E-state index in [0.717, 1.165) is 0 Å². The molecule has 88 valence electrons. The number of rotatable bonds is 5. The first kappa shape index (κ1) is 12.6. The number of nitrogens with one attached hydrogen (secondary N) is 1. The van der Waals surface area contributed by atoms with Crippen molar-refractivity contribution in [1.29, 1.82) is 0 Å². The molecule has 1 heterocycles. The number of likely N-dealkylation sites (N-methyl/N-ethyl adjacent to an activating group) is 1. The molecule has 1 rings (SSSR count). The highest BCUT2D eigenvalue weighted by Gasteiger charge is 2.18. The SMILES string of the molecule is CCOC(=O)C(Cc1ccnc(F)c1)NC. The molecule has 1 atom stereocenters. The molecular formula is C11H15FN2O2. The third kappa shape index (κ3) is 3.58. The maximum atomic E-state index is 12.8. The minimum Gasteiger partial charge on any atom is -0.465 e. The molecule has 0 radical (unpaired) electrons. The summed E-state index contributed by atoms with van der Waals surface area (Å²) >= 11 is 0. The van der Waals surface area contributed by atoms with Crippen molar-refractivity contribution in [3.8, 4) is 0 Å². The first-order valence-corrected chi connectivity index (χ1v) is 5.11. The third-order valence-corrected chi connectivity index (χ3v) is 2.15. The van der Waals surface area contributed by atoms with Gasteiger partial charge in [-0.15, -0.1) is 0 Å². The predicted molar refractivity (Wildman–Crippen MR) is 57.4 cm³/mol. The van der Waals surface area contributed by atoms with E-state index in [1.54, 1.807) is 20.0 Å².